The summed E-state index contributed by atoms with van der Waals surface area (Å²) in [7, 11) is 3.46. The highest BCUT2D eigenvalue weighted by Crippen LogP contribution is 2.27. The van der Waals surface area contributed by atoms with Gasteiger partial charge in [0.25, 0.3) is 0 Å². The SMILES string of the molecule is COc1ccc(-c2nnc(S[C@H](C)C(=O)Nc3cccc(F)c3)n2C)cc1. The molecule has 0 unspecified atom stereocenters. The average molecular weight is 386 g/mol. The number of methoxy groups -OCH3 is 1. The summed E-state index contributed by atoms with van der Waals surface area (Å²) in [6, 6.07) is 13.3. The van der Waals surface area contributed by atoms with Crippen LogP contribution < -0.4 is 10.1 Å². The van der Waals surface area contributed by atoms with Crippen LogP contribution in [0.25, 0.3) is 11.4 Å². The van der Waals surface area contributed by atoms with Crippen LogP contribution in [0.2, 0.25) is 0 Å². The van der Waals surface area contributed by atoms with Crippen molar-refractivity contribution in [3.05, 3.63) is 54.3 Å². The second kappa shape index (κ2) is 8.22. The number of carbonyl (C=O) groups is 1. The van der Waals surface area contributed by atoms with Crippen LogP contribution in [0.15, 0.2) is 53.7 Å². The summed E-state index contributed by atoms with van der Waals surface area (Å²) >= 11 is 1.28. The normalized spacial score (nSPS) is 11.9. The van der Waals surface area contributed by atoms with E-state index in [1.807, 2.05) is 35.9 Å². The maximum Gasteiger partial charge on any atom is 0.237 e. The molecule has 8 heteroatoms. The van der Waals surface area contributed by atoms with E-state index in [2.05, 4.69) is 15.5 Å². The molecule has 1 atom stereocenters. The third-order valence-corrected chi connectivity index (χ3v) is 5.06. The maximum absolute atomic E-state index is 13.2. The minimum atomic E-state index is -0.431. The molecule has 3 aromatic rings. The van der Waals surface area contributed by atoms with Gasteiger partial charge in [0.05, 0.1) is 12.4 Å². The van der Waals surface area contributed by atoms with Gasteiger partial charge in [-0.1, -0.05) is 17.8 Å². The van der Waals surface area contributed by atoms with Gasteiger partial charge in [0, 0.05) is 18.3 Å². The van der Waals surface area contributed by atoms with Crippen molar-refractivity contribution < 1.29 is 13.9 Å². The molecule has 1 amide bonds. The van der Waals surface area contributed by atoms with E-state index in [1.165, 1.54) is 23.9 Å². The van der Waals surface area contributed by atoms with Crippen LogP contribution in [0.5, 0.6) is 5.75 Å². The number of benzene rings is 2. The lowest BCUT2D eigenvalue weighted by Gasteiger charge is -2.12. The summed E-state index contributed by atoms with van der Waals surface area (Å²) in [6.45, 7) is 1.76. The Balaban J connectivity index is 1.70. The molecule has 0 bridgehead atoms. The molecule has 1 N–H and O–H groups in total. The van der Waals surface area contributed by atoms with Crippen LogP contribution in [-0.4, -0.2) is 33.0 Å². The van der Waals surface area contributed by atoms with E-state index in [0.717, 1.165) is 11.3 Å². The van der Waals surface area contributed by atoms with Crippen molar-refractivity contribution in [3.63, 3.8) is 0 Å². The zero-order chi connectivity index (χ0) is 19.4. The Bertz CT molecular complexity index is 943. The van der Waals surface area contributed by atoms with Crippen LogP contribution in [0.1, 0.15) is 6.92 Å². The van der Waals surface area contributed by atoms with Crippen LogP contribution in [-0.2, 0) is 11.8 Å². The fourth-order valence-electron chi connectivity index (χ4n) is 2.43. The van der Waals surface area contributed by atoms with E-state index < -0.39 is 11.1 Å². The molecule has 140 valence electrons. The molecule has 0 fully saturated rings. The van der Waals surface area contributed by atoms with E-state index in [4.69, 9.17) is 4.74 Å². The summed E-state index contributed by atoms with van der Waals surface area (Å²) in [4.78, 5) is 12.4. The Morgan fingerprint density at radius 2 is 1.96 bits per heavy atom. The Kier molecular flexibility index (Phi) is 5.75. The number of ether oxygens (including phenoxy) is 1. The molecule has 2 aromatic carbocycles. The van der Waals surface area contributed by atoms with Crippen molar-refractivity contribution in [1.82, 2.24) is 14.8 Å². The molecule has 3 rings (SSSR count). The van der Waals surface area contributed by atoms with E-state index in [0.29, 0.717) is 16.7 Å². The third kappa shape index (κ3) is 4.46. The predicted octanol–water partition coefficient (Wildman–Crippen LogP) is 3.75. The Labute approximate surface area is 160 Å². The molecule has 27 heavy (non-hydrogen) atoms. The van der Waals surface area contributed by atoms with Crippen molar-refractivity contribution in [1.29, 1.82) is 0 Å². The Morgan fingerprint density at radius 1 is 1.22 bits per heavy atom. The molecule has 0 aliphatic rings. The number of rotatable bonds is 6. The number of hydrogen-bond donors (Lipinski definition) is 1. The van der Waals surface area contributed by atoms with Crippen molar-refractivity contribution >= 4 is 23.4 Å². The monoisotopic (exact) mass is 386 g/mol. The van der Waals surface area contributed by atoms with Crippen LogP contribution in [0, 0.1) is 5.82 Å². The van der Waals surface area contributed by atoms with E-state index in [-0.39, 0.29) is 5.91 Å². The molecule has 0 spiro atoms. The lowest BCUT2D eigenvalue weighted by Crippen LogP contribution is -2.22. The second-order valence-electron chi connectivity index (χ2n) is 5.85. The summed E-state index contributed by atoms with van der Waals surface area (Å²) in [6.07, 6.45) is 0. The number of nitrogens with zero attached hydrogens (tertiary/aromatic N) is 3. The zero-order valence-electron chi connectivity index (χ0n) is 15.1. The number of thioether (sulfide) groups is 1. The number of amides is 1. The minimum absolute atomic E-state index is 0.236. The number of hydrogen-bond acceptors (Lipinski definition) is 5. The van der Waals surface area contributed by atoms with Gasteiger partial charge in [-0.15, -0.1) is 10.2 Å². The lowest BCUT2D eigenvalue weighted by atomic mass is 10.2. The topological polar surface area (TPSA) is 69.0 Å². The highest BCUT2D eigenvalue weighted by Gasteiger charge is 2.19. The van der Waals surface area contributed by atoms with Gasteiger partial charge >= 0.3 is 0 Å². The molecule has 0 aliphatic carbocycles. The van der Waals surface area contributed by atoms with Gasteiger partial charge in [-0.25, -0.2) is 4.39 Å². The van der Waals surface area contributed by atoms with Crippen LogP contribution in [0.4, 0.5) is 10.1 Å². The standard InChI is InChI=1S/C19H19FN4O2S/c1-12(18(25)21-15-6-4-5-14(20)11-15)27-19-23-22-17(24(19)2)13-7-9-16(26-3)10-8-13/h4-12H,1-3H3,(H,21,25)/t12-/m1/s1. The predicted molar refractivity (Wildman–Crippen MR) is 103 cm³/mol. The summed E-state index contributed by atoms with van der Waals surface area (Å²) in [5, 5.41) is 11.3. The number of aromatic nitrogens is 3. The van der Waals surface area contributed by atoms with Gasteiger partial charge in [-0.3, -0.25) is 4.79 Å². The fraction of sp³-hybridized carbons (Fsp3) is 0.211. The first-order valence-corrected chi connectivity index (χ1v) is 9.13. The summed E-state index contributed by atoms with van der Waals surface area (Å²) in [5.74, 6) is 0.821. The van der Waals surface area contributed by atoms with E-state index in [9.17, 15) is 9.18 Å². The average Bonchev–Trinajstić information content (AvgIpc) is 3.02. The smallest absolute Gasteiger partial charge is 0.237 e. The van der Waals surface area contributed by atoms with Crippen molar-refractivity contribution in [2.45, 2.75) is 17.3 Å². The van der Waals surface area contributed by atoms with Crippen LogP contribution >= 0.6 is 11.8 Å². The number of anilines is 1. The first kappa shape index (κ1) is 18.9. The molecular weight excluding hydrogens is 367 g/mol. The molecule has 0 radical (unpaired) electrons. The van der Waals surface area contributed by atoms with Crippen molar-refractivity contribution in [3.8, 4) is 17.1 Å². The number of halogens is 1. The van der Waals surface area contributed by atoms with Gasteiger partial charge in [0.15, 0.2) is 11.0 Å². The van der Waals surface area contributed by atoms with E-state index in [1.54, 1.807) is 26.2 Å². The maximum atomic E-state index is 13.2. The van der Waals surface area contributed by atoms with Gasteiger partial charge in [0.1, 0.15) is 11.6 Å². The van der Waals surface area contributed by atoms with E-state index >= 15 is 0 Å². The summed E-state index contributed by atoms with van der Waals surface area (Å²) < 4.78 is 20.2. The lowest BCUT2D eigenvalue weighted by molar-refractivity contribution is -0.115. The first-order chi connectivity index (χ1) is 13.0. The zero-order valence-corrected chi connectivity index (χ0v) is 16.0. The molecule has 0 saturated heterocycles. The molecule has 0 aliphatic heterocycles. The number of nitrogens with one attached hydrogen (secondary N) is 1. The Morgan fingerprint density at radius 3 is 2.63 bits per heavy atom. The quantitative estimate of drug-likeness (QED) is 0.654. The van der Waals surface area contributed by atoms with Gasteiger partial charge < -0.3 is 14.6 Å². The Hall–Kier alpha value is -2.87. The molecule has 1 heterocycles. The fourth-order valence-corrected chi connectivity index (χ4v) is 3.25. The number of carbonyl (C=O) groups excluding carboxylic acids is 1. The van der Waals surface area contributed by atoms with Crippen LogP contribution in [0.3, 0.4) is 0 Å². The molecule has 0 saturated carbocycles. The van der Waals surface area contributed by atoms with Crippen molar-refractivity contribution in [2.24, 2.45) is 7.05 Å². The minimum Gasteiger partial charge on any atom is -0.497 e. The van der Waals surface area contributed by atoms with Gasteiger partial charge in [-0.05, 0) is 49.4 Å². The first-order valence-electron chi connectivity index (χ1n) is 8.25. The largest absolute Gasteiger partial charge is 0.497 e. The molecule has 6 nitrogen and oxygen atoms in total. The highest BCUT2D eigenvalue weighted by atomic mass is 32.2. The van der Waals surface area contributed by atoms with Gasteiger partial charge in [0.2, 0.25) is 5.91 Å². The third-order valence-electron chi connectivity index (χ3n) is 3.93. The summed E-state index contributed by atoms with van der Waals surface area (Å²) in [5.41, 5.74) is 1.32. The molecule has 1 aromatic heterocycles. The molecular formula is C19H19FN4O2S. The van der Waals surface area contributed by atoms with Gasteiger partial charge in [-0.2, -0.15) is 0 Å². The second-order valence-corrected chi connectivity index (χ2v) is 7.16. The highest BCUT2D eigenvalue weighted by molar-refractivity contribution is 8.00. The van der Waals surface area contributed by atoms with Crippen molar-refractivity contribution in [2.75, 3.05) is 12.4 Å².